The first kappa shape index (κ1) is 13.5. The SMILES string of the molecule is CNC(=O)CCCOC1CCCCC1CN. The molecule has 4 nitrogen and oxygen atoms in total. The normalized spacial score (nSPS) is 25.4. The molecule has 1 aliphatic rings. The van der Waals surface area contributed by atoms with E-state index >= 15 is 0 Å². The summed E-state index contributed by atoms with van der Waals surface area (Å²) < 4.78 is 5.82. The van der Waals surface area contributed by atoms with Gasteiger partial charge in [-0.05, 0) is 31.7 Å². The lowest BCUT2D eigenvalue weighted by Gasteiger charge is -2.30. The van der Waals surface area contributed by atoms with Gasteiger partial charge in [0, 0.05) is 20.1 Å². The molecule has 0 aliphatic heterocycles. The van der Waals surface area contributed by atoms with Crippen molar-refractivity contribution in [2.45, 2.75) is 44.6 Å². The molecule has 3 N–H and O–H groups in total. The molecule has 4 heteroatoms. The largest absolute Gasteiger partial charge is 0.378 e. The average Bonchev–Trinajstić information content (AvgIpc) is 2.34. The summed E-state index contributed by atoms with van der Waals surface area (Å²) in [6, 6.07) is 0. The standard InChI is InChI=1S/C12H24N2O2/c1-14-12(15)7-4-8-16-11-6-3-2-5-10(11)9-13/h10-11H,2-9,13H2,1H3,(H,14,15). The van der Waals surface area contributed by atoms with E-state index in [0.29, 0.717) is 25.0 Å². The second kappa shape index (κ2) is 7.63. The van der Waals surface area contributed by atoms with Crippen molar-refractivity contribution in [1.29, 1.82) is 0 Å². The average molecular weight is 228 g/mol. The number of rotatable bonds is 6. The van der Waals surface area contributed by atoms with E-state index in [2.05, 4.69) is 5.32 Å². The number of nitrogens with two attached hydrogens (primary N) is 1. The summed E-state index contributed by atoms with van der Waals surface area (Å²) in [5.41, 5.74) is 5.72. The number of hydrogen-bond acceptors (Lipinski definition) is 3. The number of carbonyl (C=O) groups is 1. The number of amides is 1. The van der Waals surface area contributed by atoms with Crippen molar-refractivity contribution in [3.05, 3.63) is 0 Å². The maximum atomic E-state index is 11.0. The Morgan fingerprint density at radius 1 is 1.44 bits per heavy atom. The van der Waals surface area contributed by atoms with Crippen LogP contribution in [-0.2, 0) is 9.53 Å². The van der Waals surface area contributed by atoms with E-state index in [0.717, 1.165) is 19.4 Å². The van der Waals surface area contributed by atoms with Crippen LogP contribution in [0.25, 0.3) is 0 Å². The predicted octanol–water partition coefficient (Wildman–Crippen LogP) is 1.05. The molecule has 94 valence electrons. The molecule has 0 bridgehead atoms. The van der Waals surface area contributed by atoms with Crippen molar-refractivity contribution >= 4 is 5.91 Å². The zero-order chi connectivity index (χ0) is 11.8. The van der Waals surface area contributed by atoms with E-state index in [-0.39, 0.29) is 5.91 Å². The molecular formula is C12H24N2O2. The van der Waals surface area contributed by atoms with Gasteiger partial charge in [0.05, 0.1) is 6.10 Å². The van der Waals surface area contributed by atoms with Crippen LogP contribution in [-0.4, -0.2) is 32.2 Å². The maximum absolute atomic E-state index is 11.0. The molecule has 2 atom stereocenters. The number of carbonyl (C=O) groups excluding carboxylic acids is 1. The molecule has 1 amide bonds. The minimum Gasteiger partial charge on any atom is -0.378 e. The molecule has 2 unspecified atom stereocenters. The quantitative estimate of drug-likeness (QED) is 0.668. The predicted molar refractivity (Wildman–Crippen MR) is 64.1 cm³/mol. The van der Waals surface area contributed by atoms with Crippen LogP contribution in [0.4, 0.5) is 0 Å². The van der Waals surface area contributed by atoms with Crippen LogP contribution < -0.4 is 11.1 Å². The lowest BCUT2D eigenvalue weighted by molar-refractivity contribution is -0.121. The zero-order valence-electron chi connectivity index (χ0n) is 10.2. The van der Waals surface area contributed by atoms with Gasteiger partial charge in [0.25, 0.3) is 0 Å². The van der Waals surface area contributed by atoms with Crippen LogP contribution in [0.3, 0.4) is 0 Å². The molecule has 1 rings (SSSR count). The van der Waals surface area contributed by atoms with Gasteiger partial charge in [-0.3, -0.25) is 4.79 Å². The van der Waals surface area contributed by atoms with Crippen molar-refractivity contribution < 1.29 is 9.53 Å². The summed E-state index contributed by atoms with van der Waals surface area (Å²) in [5, 5.41) is 2.61. The Bertz CT molecular complexity index is 209. The second-order valence-electron chi connectivity index (χ2n) is 4.47. The Labute approximate surface area is 97.9 Å². The Balaban J connectivity index is 2.13. The smallest absolute Gasteiger partial charge is 0.219 e. The highest BCUT2D eigenvalue weighted by atomic mass is 16.5. The fraction of sp³-hybridized carbons (Fsp3) is 0.917. The van der Waals surface area contributed by atoms with E-state index in [1.54, 1.807) is 7.05 Å². The third-order valence-electron chi connectivity index (χ3n) is 3.30. The third-order valence-corrected chi connectivity index (χ3v) is 3.30. The van der Waals surface area contributed by atoms with Crippen molar-refractivity contribution in [1.82, 2.24) is 5.32 Å². The Morgan fingerprint density at radius 3 is 2.88 bits per heavy atom. The fourth-order valence-corrected chi connectivity index (χ4v) is 2.26. The Morgan fingerprint density at radius 2 is 2.19 bits per heavy atom. The van der Waals surface area contributed by atoms with Gasteiger partial charge in [0.15, 0.2) is 0 Å². The lowest BCUT2D eigenvalue weighted by Crippen LogP contribution is -2.33. The first-order valence-electron chi connectivity index (χ1n) is 6.30. The molecule has 0 spiro atoms. The molecule has 0 aromatic carbocycles. The van der Waals surface area contributed by atoms with Gasteiger partial charge in [-0.25, -0.2) is 0 Å². The first-order chi connectivity index (χ1) is 7.77. The minimum absolute atomic E-state index is 0.0858. The highest BCUT2D eigenvalue weighted by Gasteiger charge is 2.24. The van der Waals surface area contributed by atoms with Crippen molar-refractivity contribution in [2.24, 2.45) is 11.7 Å². The van der Waals surface area contributed by atoms with E-state index in [1.165, 1.54) is 19.3 Å². The monoisotopic (exact) mass is 228 g/mol. The maximum Gasteiger partial charge on any atom is 0.219 e. The summed E-state index contributed by atoms with van der Waals surface area (Å²) in [6.45, 7) is 1.40. The Hall–Kier alpha value is -0.610. The highest BCUT2D eigenvalue weighted by molar-refractivity contribution is 5.75. The van der Waals surface area contributed by atoms with Crippen LogP contribution in [0.5, 0.6) is 0 Å². The van der Waals surface area contributed by atoms with Crippen molar-refractivity contribution in [2.75, 3.05) is 20.2 Å². The third kappa shape index (κ3) is 4.49. The van der Waals surface area contributed by atoms with Gasteiger partial charge in [0.2, 0.25) is 5.91 Å². The Kier molecular flexibility index (Phi) is 6.42. The fourth-order valence-electron chi connectivity index (χ4n) is 2.26. The van der Waals surface area contributed by atoms with Crippen LogP contribution >= 0.6 is 0 Å². The van der Waals surface area contributed by atoms with Crippen molar-refractivity contribution in [3.63, 3.8) is 0 Å². The van der Waals surface area contributed by atoms with Gasteiger partial charge in [0.1, 0.15) is 0 Å². The molecule has 0 aromatic heterocycles. The van der Waals surface area contributed by atoms with Gasteiger partial charge in [-0.15, -0.1) is 0 Å². The van der Waals surface area contributed by atoms with Crippen LogP contribution in [0.2, 0.25) is 0 Å². The number of hydrogen-bond donors (Lipinski definition) is 2. The van der Waals surface area contributed by atoms with Gasteiger partial charge < -0.3 is 15.8 Å². The molecule has 0 saturated heterocycles. The summed E-state index contributed by atoms with van der Waals surface area (Å²) >= 11 is 0. The second-order valence-corrected chi connectivity index (χ2v) is 4.47. The number of ether oxygens (including phenoxy) is 1. The topological polar surface area (TPSA) is 64.3 Å². The van der Waals surface area contributed by atoms with Crippen LogP contribution in [0, 0.1) is 5.92 Å². The summed E-state index contributed by atoms with van der Waals surface area (Å²) in [5.74, 6) is 0.608. The zero-order valence-corrected chi connectivity index (χ0v) is 10.2. The van der Waals surface area contributed by atoms with E-state index in [9.17, 15) is 4.79 Å². The van der Waals surface area contributed by atoms with E-state index in [4.69, 9.17) is 10.5 Å². The molecular weight excluding hydrogens is 204 g/mol. The first-order valence-corrected chi connectivity index (χ1v) is 6.30. The number of nitrogens with one attached hydrogen (secondary N) is 1. The minimum atomic E-state index is 0.0858. The van der Waals surface area contributed by atoms with Crippen LogP contribution in [0.1, 0.15) is 38.5 Å². The molecule has 0 radical (unpaired) electrons. The van der Waals surface area contributed by atoms with Gasteiger partial charge in [-0.1, -0.05) is 12.8 Å². The molecule has 0 heterocycles. The summed E-state index contributed by atoms with van der Waals surface area (Å²) in [7, 11) is 1.66. The molecule has 1 saturated carbocycles. The van der Waals surface area contributed by atoms with E-state index in [1.807, 2.05) is 0 Å². The molecule has 0 aromatic rings. The van der Waals surface area contributed by atoms with Crippen molar-refractivity contribution in [3.8, 4) is 0 Å². The molecule has 16 heavy (non-hydrogen) atoms. The lowest BCUT2D eigenvalue weighted by atomic mass is 9.86. The van der Waals surface area contributed by atoms with E-state index < -0.39 is 0 Å². The van der Waals surface area contributed by atoms with Gasteiger partial charge >= 0.3 is 0 Å². The molecule has 1 fully saturated rings. The summed E-state index contributed by atoms with van der Waals surface area (Å²) in [4.78, 5) is 11.0. The van der Waals surface area contributed by atoms with Crippen LogP contribution in [0.15, 0.2) is 0 Å². The highest BCUT2D eigenvalue weighted by Crippen LogP contribution is 2.26. The van der Waals surface area contributed by atoms with Gasteiger partial charge in [-0.2, -0.15) is 0 Å². The molecule has 1 aliphatic carbocycles. The summed E-state index contributed by atoms with van der Waals surface area (Å²) in [6.07, 6.45) is 6.52.